The number of carbonyl (C=O) groups is 10. The van der Waals surface area contributed by atoms with E-state index in [1.165, 1.54) is 11.8 Å². The largest absolute Gasteiger partial charge is 0.370 e. The number of hydrogen-bond donors (Lipinski definition) is 11. The van der Waals surface area contributed by atoms with Crippen molar-refractivity contribution >= 4 is 65.0 Å². The molecule has 380 valence electrons. The topological polar surface area (TPSA) is 375 Å². The normalized spacial score (nSPS) is 17.8. The molecule has 0 spiro atoms. The van der Waals surface area contributed by atoms with Crippen LogP contribution in [0, 0.1) is 5.92 Å². The second kappa shape index (κ2) is 26.8. The van der Waals surface area contributed by atoms with Crippen LogP contribution in [0.3, 0.4) is 0 Å². The summed E-state index contributed by atoms with van der Waals surface area (Å²) in [5.74, 6) is -7.37. The Hall–Kier alpha value is -7.59. The molecule has 2 saturated heterocycles. The third kappa shape index (κ3) is 17.5. The second-order valence-electron chi connectivity index (χ2n) is 17.9. The molecule has 0 radical (unpaired) electrons. The lowest BCUT2D eigenvalue weighted by Crippen LogP contribution is -2.60. The third-order valence-corrected chi connectivity index (χ3v) is 11.7. The van der Waals surface area contributed by atoms with Gasteiger partial charge in [-0.2, -0.15) is 0 Å². The molecule has 0 unspecified atom stereocenters. The maximum absolute atomic E-state index is 14.3. The van der Waals surface area contributed by atoms with Gasteiger partial charge < -0.3 is 65.1 Å². The molecule has 23 heteroatoms. The van der Waals surface area contributed by atoms with Crippen LogP contribution in [0.15, 0.2) is 65.7 Å². The standard InChI is InChI=1S/C47H67N13O10/c1-26(2)22-33(57-44(68)35(24-29-14-8-5-9-15-29)58-41(65)31-18-19-38(62)54-31)43(67)59-34(23-28-12-6-4-7-13-28)42(66)53-27(3)46(70)60-21-11-17-36(60)45(69)55-30(16-10-20-52-47(50)51)40(64)56-32(39(49)63)25-37(48)61/h4-9,12-15,26-27,30-36H,10-11,16-25H2,1-3H3,(H2,48,61)(H2,49,63)(H,53,66)(H,54,62)(H,55,69)(H,56,64)(H,57,68)(H,58,65)(H,59,67)(H4,50,51,52)/t27-,30-,31-,32-,33-,34-,35-,36-/m0/s1. The van der Waals surface area contributed by atoms with Crippen LogP contribution in [0.1, 0.15) is 83.3 Å². The Kier molecular flexibility index (Phi) is 21.1. The van der Waals surface area contributed by atoms with E-state index in [1.54, 1.807) is 60.7 Å². The zero-order valence-corrected chi connectivity index (χ0v) is 39.7. The highest BCUT2D eigenvalue weighted by atomic mass is 16.2. The van der Waals surface area contributed by atoms with Crippen LogP contribution >= 0.6 is 0 Å². The molecule has 2 aromatic carbocycles. The second-order valence-corrected chi connectivity index (χ2v) is 17.9. The molecular weight excluding hydrogens is 907 g/mol. The van der Waals surface area contributed by atoms with E-state index in [0.717, 1.165) is 5.56 Å². The van der Waals surface area contributed by atoms with Crippen LogP contribution in [-0.2, 0) is 60.8 Å². The number of benzene rings is 2. The van der Waals surface area contributed by atoms with Crippen molar-refractivity contribution in [3.8, 4) is 0 Å². The van der Waals surface area contributed by atoms with E-state index < -0.39 is 108 Å². The van der Waals surface area contributed by atoms with Gasteiger partial charge in [-0.05, 0) is 62.5 Å². The average Bonchev–Trinajstić information content (AvgIpc) is 3.99. The fraction of sp³-hybridized carbons (Fsp3) is 0.511. The molecule has 0 aromatic heterocycles. The van der Waals surface area contributed by atoms with Crippen molar-refractivity contribution in [1.82, 2.24) is 42.1 Å². The number of amides is 10. The fourth-order valence-electron chi connectivity index (χ4n) is 8.11. The number of hydrogen-bond acceptors (Lipinski definition) is 11. The summed E-state index contributed by atoms with van der Waals surface area (Å²) in [5, 5.41) is 18.6. The highest BCUT2D eigenvalue weighted by molar-refractivity contribution is 5.99. The summed E-state index contributed by atoms with van der Waals surface area (Å²) in [4.78, 5) is 138. The highest BCUT2D eigenvalue weighted by Crippen LogP contribution is 2.20. The van der Waals surface area contributed by atoms with E-state index in [9.17, 15) is 47.9 Å². The predicted molar refractivity (Wildman–Crippen MR) is 256 cm³/mol. The molecule has 2 aromatic rings. The van der Waals surface area contributed by atoms with Crippen molar-refractivity contribution in [3.63, 3.8) is 0 Å². The number of nitrogens with one attached hydrogen (secondary N) is 7. The molecule has 2 aliphatic rings. The Bertz CT molecular complexity index is 2220. The van der Waals surface area contributed by atoms with E-state index in [2.05, 4.69) is 42.2 Å². The summed E-state index contributed by atoms with van der Waals surface area (Å²) in [6.45, 7) is 5.34. The van der Waals surface area contributed by atoms with E-state index >= 15 is 0 Å². The number of aliphatic imine (C=N–C) groups is 1. The Balaban J connectivity index is 1.50. The van der Waals surface area contributed by atoms with E-state index in [1.807, 2.05) is 13.8 Å². The first kappa shape index (κ1) is 55.0. The van der Waals surface area contributed by atoms with Crippen molar-refractivity contribution in [1.29, 1.82) is 0 Å². The van der Waals surface area contributed by atoms with Gasteiger partial charge in [0.1, 0.15) is 48.3 Å². The van der Waals surface area contributed by atoms with Gasteiger partial charge in [0, 0.05) is 32.4 Å². The van der Waals surface area contributed by atoms with Gasteiger partial charge >= 0.3 is 0 Å². The Morgan fingerprint density at radius 2 is 1.20 bits per heavy atom. The van der Waals surface area contributed by atoms with E-state index in [4.69, 9.17) is 22.9 Å². The summed E-state index contributed by atoms with van der Waals surface area (Å²) < 4.78 is 0. The maximum atomic E-state index is 14.3. The summed E-state index contributed by atoms with van der Waals surface area (Å²) in [5.41, 5.74) is 22.8. The molecule has 8 atom stereocenters. The minimum atomic E-state index is -1.46. The number of primary amides is 2. The number of carbonyl (C=O) groups excluding carboxylic acids is 10. The van der Waals surface area contributed by atoms with Crippen LogP contribution in [0.25, 0.3) is 0 Å². The first-order valence-corrected chi connectivity index (χ1v) is 23.3. The summed E-state index contributed by atoms with van der Waals surface area (Å²) in [7, 11) is 0. The van der Waals surface area contributed by atoms with Crippen molar-refractivity contribution in [2.24, 2.45) is 33.8 Å². The Labute approximate surface area is 406 Å². The van der Waals surface area contributed by atoms with Gasteiger partial charge in [0.2, 0.25) is 59.1 Å². The lowest BCUT2D eigenvalue weighted by Gasteiger charge is -2.30. The van der Waals surface area contributed by atoms with Crippen LogP contribution in [0.4, 0.5) is 0 Å². The maximum Gasteiger partial charge on any atom is 0.245 e. The summed E-state index contributed by atoms with van der Waals surface area (Å²) >= 11 is 0. The third-order valence-electron chi connectivity index (χ3n) is 11.7. The lowest BCUT2D eigenvalue weighted by atomic mass is 9.99. The molecule has 2 fully saturated rings. The SMILES string of the molecule is CC(C)C[C@H](NC(=O)[C@H](Cc1ccccc1)NC(=O)[C@@H]1CCC(=O)N1)C(=O)N[C@@H](Cc1ccccc1)C(=O)N[C@@H](C)C(=O)N1CCC[C@H]1C(=O)N[C@@H](CCCN=C(N)N)C(=O)N[C@@H](CC(N)=O)C(N)=O. The van der Waals surface area contributed by atoms with Gasteiger partial charge in [0.15, 0.2) is 5.96 Å². The first-order valence-electron chi connectivity index (χ1n) is 23.3. The molecule has 70 heavy (non-hydrogen) atoms. The Morgan fingerprint density at radius 1 is 0.671 bits per heavy atom. The minimum absolute atomic E-state index is 0.0150. The van der Waals surface area contributed by atoms with Crippen LogP contribution in [-0.4, -0.2) is 131 Å². The number of likely N-dealkylation sites (tertiary alicyclic amines) is 1. The van der Waals surface area contributed by atoms with Crippen molar-refractivity contribution in [2.45, 2.75) is 133 Å². The summed E-state index contributed by atoms with van der Waals surface area (Å²) in [6.07, 6.45) is 0.830. The quantitative estimate of drug-likeness (QED) is 0.0258. The molecule has 10 amide bonds. The zero-order chi connectivity index (χ0) is 51.5. The van der Waals surface area contributed by atoms with E-state index in [-0.39, 0.29) is 82.2 Å². The molecule has 2 heterocycles. The number of nitrogens with two attached hydrogens (primary N) is 4. The van der Waals surface area contributed by atoms with Gasteiger partial charge in [0.05, 0.1) is 6.42 Å². The molecule has 23 nitrogen and oxygen atoms in total. The minimum Gasteiger partial charge on any atom is -0.370 e. The molecule has 0 aliphatic carbocycles. The predicted octanol–water partition coefficient (Wildman–Crippen LogP) is -2.87. The fourth-order valence-corrected chi connectivity index (χ4v) is 8.11. The van der Waals surface area contributed by atoms with Gasteiger partial charge in [-0.25, -0.2) is 0 Å². The first-order chi connectivity index (χ1) is 33.2. The summed E-state index contributed by atoms with van der Waals surface area (Å²) in [6, 6.07) is 8.31. The molecular formula is C47H67N13O10. The van der Waals surface area contributed by atoms with Crippen LogP contribution in [0.2, 0.25) is 0 Å². The van der Waals surface area contributed by atoms with Gasteiger partial charge in [0.25, 0.3) is 0 Å². The molecule has 15 N–H and O–H groups in total. The van der Waals surface area contributed by atoms with E-state index in [0.29, 0.717) is 12.0 Å². The molecule has 0 bridgehead atoms. The average molecular weight is 974 g/mol. The smallest absolute Gasteiger partial charge is 0.245 e. The number of rotatable bonds is 26. The van der Waals surface area contributed by atoms with Crippen molar-refractivity contribution < 1.29 is 47.9 Å². The number of nitrogens with zero attached hydrogens (tertiary/aromatic N) is 2. The highest BCUT2D eigenvalue weighted by Gasteiger charge is 2.39. The van der Waals surface area contributed by atoms with Gasteiger partial charge in [-0.15, -0.1) is 0 Å². The van der Waals surface area contributed by atoms with Crippen LogP contribution in [0.5, 0.6) is 0 Å². The van der Waals surface area contributed by atoms with Crippen LogP contribution < -0.4 is 60.2 Å². The van der Waals surface area contributed by atoms with Crippen molar-refractivity contribution in [2.75, 3.05) is 13.1 Å². The molecule has 0 saturated carbocycles. The zero-order valence-electron chi connectivity index (χ0n) is 39.7. The monoisotopic (exact) mass is 974 g/mol. The van der Waals surface area contributed by atoms with Crippen molar-refractivity contribution in [3.05, 3.63) is 71.8 Å². The molecule has 2 aliphatic heterocycles. The van der Waals surface area contributed by atoms with Gasteiger partial charge in [-0.3, -0.25) is 52.9 Å². The molecule has 4 rings (SSSR count). The Morgan fingerprint density at radius 3 is 1.74 bits per heavy atom. The van der Waals surface area contributed by atoms with Gasteiger partial charge in [-0.1, -0.05) is 74.5 Å². The number of guanidine groups is 1. The lowest BCUT2D eigenvalue weighted by molar-refractivity contribution is -0.142.